The van der Waals surface area contributed by atoms with Gasteiger partial charge in [-0.3, -0.25) is 0 Å². The first-order chi connectivity index (χ1) is 9.15. The minimum atomic E-state index is -1.05. The first kappa shape index (κ1) is 15.3. The summed E-state index contributed by atoms with van der Waals surface area (Å²) < 4.78 is 5.46. The van der Waals surface area contributed by atoms with Crippen molar-refractivity contribution in [2.75, 3.05) is 12.3 Å². The predicted molar refractivity (Wildman–Crippen MR) is 74.5 cm³/mol. The summed E-state index contributed by atoms with van der Waals surface area (Å²) in [6.07, 6.45) is 8.35. The molecule has 0 atom stereocenters. The van der Waals surface area contributed by atoms with Crippen LogP contribution in [0.25, 0.3) is 0 Å². The Hall–Kier alpha value is -1.78. The average Bonchev–Trinajstić information content (AvgIpc) is 2.39. The van der Waals surface area contributed by atoms with E-state index < -0.39 is 5.97 Å². The molecule has 1 aromatic heterocycles. The number of hydrogen-bond acceptors (Lipinski definition) is 4. The van der Waals surface area contributed by atoms with Crippen LogP contribution >= 0.6 is 0 Å². The summed E-state index contributed by atoms with van der Waals surface area (Å²) in [5.41, 5.74) is 5.53. The van der Waals surface area contributed by atoms with Crippen molar-refractivity contribution < 1.29 is 14.6 Å². The topological polar surface area (TPSA) is 85.4 Å². The van der Waals surface area contributed by atoms with Gasteiger partial charge >= 0.3 is 5.97 Å². The van der Waals surface area contributed by atoms with Gasteiger partial charge in [-0.05, 0) is 12.5 Å². The van der Waals surface area contributed by atoms with Crippen LogP contribution in [0.2, 0.25) is 0 Å². The summed E-state index contributed by atoms with van der Waals surface area (Å²) in [6.45, 7) is 2.70. The Morgan fingerprint density at radius 2 is 2.00 bits per heavy atom. The first-order valence-corrected chi connectivity index (χ1v) is 6.76. The van der Waals surface area contributed by atoms with Gasteiger partial charge < -0.3 is 15.6 Å². The molecular formula is C14H22N2O3. The Balaban J connectivity index is 2.35. The van der Waals surface area contributed by atoms with Gasteiger partial charge in [0.15, 0.2) is 5.75 Å². The van der Waals surface area contributed by atoms with Crippen molar-refractivity contribution in [1.29, 1.82) is 0 Å². The summed E-state index contributed by atoms with van der Waals surface area (Å²) in [4.78, 5) is 14.9. The lowest BCUT2D eigenvalue weighted by Crippen LogP contribution is -2.06. The zero-order valence-corrected chi connectivity index (χ0v) is 11.4. The number of nitrogen functional groups attached to an aromatic ring is 1. The molecule has 106 valence electrons. The Morgan fingerprint density at radius 1 is 1.32 bits per heavy atom. The fourth-order valence-corrected chi connectivity index (χ4v) is 1.81. The number of unbranched alkanes of at least 4 members (excludes halogenated alkanes) is 5. The molecule has 1 heterocycles. The largest absolute Gasteiger partial charge is 0.491 e. The molecule has 0 aliphatic carbocycles. The highest BCUT2D eigenvalue weighted by molar-refractivity contribution is 5.91. The van der Waals surface area contributed by atoms with Gasteiger partial charge in [0.2, 0.25) is 0 Å². The minimum absolute atomic E-state index is 0.0680. The lowest BCUT2D eigenvalue weighted by molar-refractivity contribution is 0.0692. The molecule has 0 saturated carbocycles. The third-order valence-electron chi connectivity index (χ3n) is 2.87. The van der Waals surface area contributed by atoms with Gasteiger partial charge in [-0.2, -0.15) is 0 Å². The SMILES string of the molecule is CCCCCCCCOc1cnc(N)cc1C(=O)O. The molecule has 0 aliphatic heterocycles. The highest BCUT2D eigenvalue weighted by Crippen LogP contribution is 2.19. The molecule has 19 heavy (non-hydrogen) atoms. The molecule has 0 amide bonds. The zero-order valence-electron chi connectivity index (χ0n) is 11.4. The number of rotatable bonds is 9. The molecule has 0 fully saturated rings. The van der Waals surface area contributed by atoms with Crippen molar-refractivity contribution >= 4 is 11.8 Å². The van der Waals surface area contributed by atoms with Crippen LogP contribution in [0.15, 0.2) is 12.3 Å². The number of aromatic carboxylic acids is 1. The first-order valence-electron chi connectivity index (χ1n) is 6.76. The molecule has 0 bridgehead atoms. The maximum absolute atomic E-state index is 11.0. The molecule has 3 N–H and O–H groups in total. The maximum atomic E-state index is 11.0. The van der Waals surface area contributed by atoms with Crippen LogP contribution < -0.4 is 10.5 Å². The molecule has 0 unspecified atom stereocenters. The molecule has 0 aliphatic rings. The molecule has 5 heteroatoms. The highest BCUT2D eigenvalue weighted by Gasteiger charge is 2.12. The number of carbonyl (C=O) groups is 1. The van der Waals surface area contributed by atoms with Crippen molar-refractivity contribution in [2.24, 2.45) is 0 Å². The molecule has 0 radical (unpaired) electrons. The zero-order chi connectivity index (χ0) is 14.1. The number of anilines is 1. The molecule has 0 spiro atoms. The molecule has 1 rings (SSSR count). The van der Waals surface area contributed by atoms with E-state index in [0.717, 1.165) is 12.8 Å². The Labute approximate surface area is 113 Å². The summed E-state index contributed by atoms with van der Waals surface area (Å²) in [7, 11) is 0. The third-order valence-corrected chi connectivity index (χ3v) is 2.87. The number of carboxylic acid groups (broad SMARTS) is 1. The van der Waals surface area contributed by atoms with Crippen molar-refractivity contribution in [3.63, 3.8) is 0 Å². The van der Waals surface area contributed by atoms with E-state index in [1.54, 1.807) is 0 Å². The second-order valence-corrected chi connectivity index (χ2v) is 4.53. The minimum Gasteiger partial charge on any atom is -0.491 e. The summed E-state index contributed by atoms with van der Waals surface area (Å²) >= 11 is 0. The predicted octanol–water partition coefficient (Wildman–Crippen LogP) is 3.10. The second-order valence-electron chi connectivity index (χ2n) is 4.53. The maximum Gasteiger partial charge on any atom is 0.339 e. The van der Waals surface area contributed by atoms with Crippen LogP contribution in [0.1, 0.15) is 55.8 Å². The van der Waals surface area contributed by atoms with Crippen molar-refractivity contribution in [2.45, 2.75) is 45.4 Å². The van der Waals surface area contributed by atoms with Gasteiger partial charge in [0.1, 0.15) is 11.4 Å². The van der Waals surface area contributed by atoms with E-state index in [-0.39, 0.29) is 17.1 Å². The van der Waals surface area contributed by atoms with Crippen LogP contribution in [-0.2, 0) is 0 Å². The number of nitrogens with two attached hydrogens (primary N) is 1. The molecule has 1 aromatic rings. The third kappa shape index (κ3) is 5.59. The van der Waals surface area contributed by atoms with E-state index >= 15 is 0 Å². The van der Waals surface area contributed by atoms with Gasteiger partial charge in [-0.15, -0.1) is 0 Å². The number of ether oxygens (including phenoxy) is 1. The van der Waals surface area contributed by atoms with Gasteiger partial charge in [0.25, 0.3) is 0 Å². The van der Waals surface area contributed by atoms with E-state index in [1.807, 2.05) is 0 Å². The quantitative estimate of drug-likeness (QED) is 0.671. The van der Waals surface area contributed by atoms with Crippen LogP contribution in [0.3, 0.4) is 0 Å². The number of hydrogen-bond donors (Lipinski definition) is 2. The van der Waals surface area contributed by atoms with E-state index in [4.69, 9.17) is 15.6 Å². The van der Waals surface area contributed by atoms with Crippen molar-refractivity contribution in [1.82, 2.24) is 4.98 Å². The van der Waals surface area contributed by atoms with Crippen LogP contribution in [-0.4, -0.2) is 22.7 Å². The standard InChI is InChI=1S/C14H22N2O3/c1-2-3-4-5-6-7-8-19-12-10-16-13(15)9-11(12)14(17)18/h9-10H,2-8H2,1H3,(H2,15,16)(H,17,18). The lowest BCUT2D eigenvalue weighted by atomic mass is 10.1. The van der Waals surface area contributed by atoms with E-state index in [1.165, 1.54) is 37.9 Å². The molecule has 0 saturated heterocycles. The van der Waals surface area contributed by atoms with Gasteiger partial charge in [0.05, 0.1) is 12.8 Å². The number of nitrogens with zero attached hydrogens (tertiary/aromatic N) is 1. The monoisotopic (exact) mass is 266 g/mol. The number of carboxylic acids is 1. The fraction of sp³-hybridized carbons (Fsp3) is 0.571. The van der Waals surface area contributed by atoms with Gasteiger partial charge in [0, 0.05) is 0 Å². The Kier molecular flexibility index (Phi) is 6.71. The van der Waals surface area contributed by atoms with Gasteiger partial charge in [-0.25, -0.2) is 9.78 Å². The number of aromatic nitrogens is 1. The molecular weight excluding hydrogens is 244 g/mol. The number of pyridine rings is 1. The average molecular weight is 266 g/mol. The summed E-state index contributed by atoms with van der Waals surface area (Å²) in [5.74, 6) is -0.577. The van der Waals surface area contributed by atoms with Crippen LogP contribution in [0.5, 0.6) is 5.75 Å². The normalized spacial score (nSPS) is 10.4. The smallest absolute Gasteiger partial charge is 0.339 e. The lowest BCUT2D eigenvalue weighted by Gasteiger charge is -2.09. The van der Waals surface area contributed by atoms with Crippen molar-refractivity contribution in [3.8, 4) is 5.75 Å². The molecule has 0 aromatic carbocycles. The molecule has 5 nitrogen and oxygen atoms in total. The van der Waals surface area contributed by atoms with Crippen LogP contribution in [0.4, 0.5) is 5.82 Å². The van der Waals surface area contributed by atoms with E-state index in [0.29, 0.717) is 6.61 Å². The van der Waals surface area contributed by atoms with Gasteiger partial charge in [-0.1, -0.05) is 39.0 Å². The Morgan fingerprint density at radius 3 is 2.68 bits per heavy atom. The van der Waals surface area contributed by atoms with Crippen molar-refractivity contribution in [3.05, 3.63) is 17.8 Å². The Bertz CT molecular complexity index is 408. The second kappa shape index (κ2) is 8.34. The van der Waals surface area contributed by atoms with E-state index in [2.05, 4.69) is 11.9 Å². The van der Waals surface area contributed by atoms with E-state index in [9.17, 15) is 4.79 Å². The van der Waals surface area contributed by atoms with Crippen LogP contribution in [0, 0.1) is 0 Å². The highest BCUT2D eigenvalue weighted by atomic mass is 16.5. The summed E-state index contributed by atoms with van der Waals surface area (Å²) in [5, 5.41) is 9.03. The summed E-state index contributed by atoms with van der Waals surface area (Å²) in [6, 6.07) is 1.32. The fourth-order valence-electron chi connectivity index (χ4n) is 1.81.